The summed E-state index contributed by atoms with van der Waals surface area (Å²) in [5, 5.41) is 2.80. The Morgan fingerprint density at radius 3 is 2.64 bits per heavy atom. The fraction of sp³-hybridized carbons (Fsp3) is 0.176. The molecule has 0 aliphatic heterocycles. The predicted molar refractivity (Wildman–Crippen MR) is 85.4 cm³/mol. The highest BCUT2D eigenvalue weighted by Crippen LogP contribution is 2.15. The number of imidazole rings is 1. The zero-order valence-corrected chi connectivity index (χ0v) is 12.5. The molecule has 22 heavy (non-hydrogen) atoms. The summed E-state index contributed by atoms with van der Waals surface area (Å²) in [7, 11) is 0. The summed E-state index contributed by atoms with van der Waals surface area (Å²) < 4.78 is 7.42. The second kappa shape index (κ2) is 5.89. The van der Waals surface area contributed by atoms with E-state index >= 15 is 0 Å². The van der Waals surface area contributed by atoms with Crippen molar-refractivity contribution in [1.82, 2.24) is 9.38 Å². The number of amides is 1. The van der Waals surface area contributed by atoms with Crippen molar-refractivity contribution in [2.24, 2.45) is 0 Å². The molecule has 0 fully saturated rings. The van der Waals surface area contributed by atoms with Crippen LogP contribution >= 0.6 is 0 Å². The van der Waals surface area contributed by atoms with Gasteiger partial charge in [-0.1, -0.05) is 6.07 Å². The number of anilines is 1. The van der Waals surface area contributed by atoms with Gasteiger partial charge in [0.05, 0.1) is 12.3 Å². The van der Waals surface area contributed by atoms with Gasteiger partial charge in [0.1, 0.15) is 11.4 Å². The minimum atomic E-state index is -0.195. The Hall–Kier alpha value is -2.82. The van der Waals surface area contributed by atoms with Crippen molar-refractivity contribution in [3.63, 3.8) is 0 Å². The fourth-order valence-corrected chi connectivity index (χ4v) is 2.14. The van der Waals surface area contributed by atoms with Crippen molar-refractivity contribution in [2.45, 2.75) is 20.0 Å². The molecule has 1 N–H and O–H groups in total. The van der Waals surface area contributed by atoms with Crippen LogP contribution in [0.5, 0.6) is 5.75 Å². The molecule has 1 amide bonds. The van der Waals surface area contributed by atoms with E-state index in [1.807, 2.05) is 42.6 Å². The average molecular weight is 295 g/mol. The third-order valence-electron chi connectivity index (χ3n) is 3.09. The first kappa shape index (κ1) is 14.1. The Kier molecular flexibility index (Phi) is 3.78. The van der Waals surface area contributed by atoms with Gasteiger partial charge in [-0.25, -0.2) is 4.98 Å². The maximum Gasteiger partial charge on any atom is 0.256 e. The van der Waals surface area contributed by atoms with Gasteiger partial charge in [0.2, 0.25) is 0 Å². The fourth-order valence-electron chi connectivity index (χ4n) is 2.14. The Bertz CT molecular complexity index is 758. The van der Waals surface area contributed by atoms with Gasteiger partial charge in [-0.15, -0.1) is 0 Å². The number of hydrogen-bond acceptors (Lipinski definition) is 3. The van der Waals surface area contributed by atoms with Crippen LogP contribution in [0, 0.1) is 0 Å². The van der Waals surface area contributed by atoms with Gasteiger partial charge >= 0.3 is 0 Å². The minimum Gasteiger partial charge on any atom is -0.491 e. The normalized spacial score (nSPS) is 10.9. The van der Waals surface area contributed by atoms with Crippen molar-refractivity contribution in [3.8, 4) is 5.75 Å². The van der Waals surface area contributed by atoms with Crippen LogP contribution in [0.25, 0.3) is 5.65 Å². The number of hydrogen-bond donors (Lipinski definition) is 1. The molecule has 0 radical (unpaired) electrons. The molecule has 0 aliphatic rings. The number of rotatable bonds is 4. The summed E-state index contributed by atoms with van der Waals surface area (Å²) in [6.45, 7) is 3.92. The van der Waals surface area contributed by atoms with E-state index in [0.29, 0.717) is 11.4 Å². The van der Waals surface area contributed by atoms with E-state index in [4.69, 9.17) is 4.74 Å². The number of ether oxygens (including phenoxy) is 1. The number of carbonyl (C=O) groups is 1. The lowest BCUT2D eigenvalue weighted by Crippen LogP contribution is -2.12. The lowest BCUT2D eigenvalue weighted by Gasteiger charge is -2.09. The van der Waals surface area contributed by atoms with E-state index in [0.717, 1.165) is 11.4 Å². The van der Waals surface area contributed by atoms with E-state index < -0.39 is 0 Å². The van der Waals surface area contributed by atoms with Gasteiger partial charge < -0.3 is 14.5 Å². The molecular weight excluding hydrogens is 278 g/mol. The topological polar surface area (TPSA) is 55.6 Å². The first-order valence-electron chi connectivity index (χ1n) is 7.13. The minimum absolute atomic E-state index is 0.109. The predicted octanol–water partition coefficient (Wildman–Crippen LogP) is 3.37. The molecule has 5 heteroatoms. The maximum absolute atomic E-state index is 12.2. The van der Waals surface area contributed by atoms with Crippen LogP contribution in [-0.2, 0) is 0 Å². The van der Waals surface area contributed by atoms with Gasteiger partial charge in [0.15, 0.2) is 5.82 Å². The summed E-state index contributed by atoms with van der Waals surface area (Å²) in [6.07, 6.45) is 3.78. The molecule has 0 unspecified atom stereocenters. The molecule has 112 valence electrons. The Balaban J connectivity index is 1.73. The molecule has 2 aromatic heterocycles. The Labute approximate surface area is 128 Å². The highest BCUT2D eigenvalue weighted by Gasteiger charge is 2.09. The van der Waals surface area contributed by atoms with Crippen molar-refractivity contribution in [2.75, 3.05) is 5.32 Å². The molecule has 0 atom stereocenters. The smallest absolute Gasteiger partial charge is 0.256 e. The van der Waals surface area contributed by atoms with Gasteiger partial charge in [-0.05, 0) is 50.2 Å². The Morgan fingerprint density at radius 1 is 1.18 bits per heavy atom. The molecule has 0 spiro atoms. The third kappa shape index (κ3) is 3.09. The number of benzene rings is 1. The van der Waals surface area contributed by atoms with E-state index in [1.54, 1.807) is 30.5 Å². The van der Waals surface area contributed by atoms with E-state index in [9.17, 15) is 4.79 Å². The van der Waals surface area contributed by atoms with Crippen LogP contribution in [0.3, 0.4) is 0 Å². The van der Waals surface area contributed by atoms with Crippen molar-refractivity contribution < 1.29 is 9.53 Å². The summed E-state index contributed by atoms with van der Waals surface area (Å²) in [6, 6.07) is 12.8. The van der Waals surface area contributed by atoms with Crippen LogP contribution in [0.4, 0.5) is 5.82 Å². The number of nitrogens with zero attached hydrogens (tertiary/aromatic N) is 2. The second-order valence-electron chi connectivity index (χ2n) is 5.24. The number of fused-ring (bicyclic) bond motifs is 1. The van der Waals surface area contributed by atoms with Crippen molar-refractivity contribution in [1.29, 1.82) is 0 Å². The number of aromatic nitrogens is 2. The Morgan fingerprint density at radius 2 is 1.95 bits per heavy atom. The summed E-state index contributed by atoms with van der Waals surface area (Å²) >= 11 is 0. The van der Waals surface area contributed by atoms with Gasteiger partial charge in [-0.3, -0.25) is 4.79 Å². The molecule has 0 saturated carbocycles. The molecule has 2 heterocycles. The van der Waals surface area contributed by atoms with Gasteiger partial charge in [0, 0.05) is 11.8 Å². The number of carbonyl (C=O) groups excluding carboxylic acids is 1. The standard InChI is InChI=1S/C17H17N3O2/c1-12(2)22-14-8-6-13(7-9-14)17(21)19-15-11-20-10-4-3-5-16(20)18-15/h3-12H,1-2H3,(H,19,21). The number of pyridine rings is 1. The molecule has 0 bridgehead atoms. The summed E-state index contributed by atoms with van der Waals surface area (Å²) in [5.41, 5.74) is 1.35. The van der Waals surface area contributed by atoms with E-state index in [2.05, 4.69) is 10.3 Å². The quantitative estimate of drug-likeness (QED) is 0.803. The van der Waals surface area contributed by atoms with Gasteiger partial charge in [-0.2, -0.15) is 0 Å². The SMILES string of the molecule is CC(C)Oc1ccc(C(=O)Nc2cn3ccccc3n2)cc1. The largest absolute Gasteiger partial charge is 0.491 e. The van der Waals surface area contributed by atoms with E-state index in [-0.39, 0.29) is 12.0 Å². The second-order valence-corrected chi connectivity index (χ2v) is 5.24. The maximum atomic E-state index is 12.2. The molecule has 0 saturated heterocycles. The monoisotopic (exact) mass is 295 g/mol. The zero-order valence-electron chi connectivity index (χ0n) is 12.5. The highest BCUT2D eigenvalue weighted by atomic mass is 16.5. The van der Waals surface area contributed by atoms with Crippen LogP contribution < -0.4 is 10.1 Å². The van der Waals surface area contributed by atoms with Crippen LogP contribution in [-0.4, -0.2) is 21.4 Å². The number of nitrogens with one attached hydrogen (secondary N) is 1. The molecular formula is C17H17N3O2. The van der Waals surface area contributed by atoms with Crippen molar-refractivity contribution >= 4 is 17.4 Å². The average Bonchev–Trinajstić information content (AvgIpc) is 2.89. The van der Waals surface area contributed by atoms with Crippen molar-refractivity contribution in [3.05, 3.63) is 60.4 Å². The molecule has 3 aromatic rings. The first-order chi connectivity index (χ1) is 10.6. The van der Waals surface area contributed by atoms with Crippen LogP contribution in [0.2, 0.25) is 0 Å². The molecule has 3 rings (SSSR count). The van der Waals surface area contributed by atoms with E-state index in [1.165, 1.54) is 0 Å². The lowest BCUT2D eigenvalue weighted by molar-refractivity contribution is 0.102. The van der Waals surface area contributed by atoms with Crippen LogP contribution in [0.15, 0.2) is 54.9 Å². The first-order valence-corrected chi connectivity index (χ1v) is 7.13. The third-order valence-corrected chi connectivity index (χ3v) is 3.09. The zero-order chi connectivity index (χ0) is 15.5. The molecule has 5 nitrogen and oxygen atoms in total. The molecule has 0 aliphatic carbocycles. The molecule has 1 aromatic carbocycles. The highest BCUT2D eigenvalue weighted by molar-refractivity contribution is 6.03. The van der Waals surface area contributed by atoms with Crippen LogP contribution in [0.1, 0.15) is 24.2 Å². The summed E-state index contributed by atoms with van der Waals surface area (Å²) in [5.74, 6) is 1.08. The van der Waals surface area contributed by atoms with Gasteiger partial charge in [0.25, 0.3) is 5.91 Å². The summed E-state index contributed by atoms with van der Waals surface area (Å²) in [4.78, 5) is 16.6. The lowest BCUT2D eigenvalue weighted by atomic mass is 10.2.